The summed E-state index contributed by atoms with van der Waals surface area (Å²) in [5.74, 6) is -1.38. The number of ether oxygens (including phenoxy) is 5. The van der Waals surface area contributed by atoms with Crippen molar-refractivity contribution >= 4 is 40.9 Å². The fourth-order valence-corrected chi connectivity index (χ4v) is 5.72. The van der Waals surface area contributed by atoms with E-state index in [1.807, 2.05) is 180 Å². The van der Waals surface area contributed by atoms with E-state index in [0.717, 1.165) is 5.57 Å². The minimum absolute atomic E-state index is 0.0213. The molecule has 0 unspecified atom stereocenters. The number of thiocarbonyl (C=S) groups is 1. The number of methoxy groups -OCH3 is 2. The van der Waals surface area contributed by atoms with E-state index >= 15 is 0 Å². The van der Waals surface area contributed by atoms with Gasteiger partial charge in [0.1, 0.15) is 69.5 Å². The van der Waals surface area contributed by atoms with Crippen LogP contribution in [0.3, 0.4) is 0 Å². The van der Waals surface area contributed by atoms with E-state index in [9.17, 15) is 19.2 Å². The van der Waals surface area contributed by atoms with Gasteiger partial charge in [-0.25, -0.2) is 14.4 Å². The molecule has 0 atom stereocenters. The van der Waals surface area contributed by atoms with Crippen molar-refractivity contribution in [3.63, 3.8) is 0 Å². The highest BCUT2D eigenvalue weighted by atomic mass is 32.1. The normalized spacial score (nSPS) is 12.5. The summed E-state index contributed by atoms with van der Waals surface area (Å²) >= 11 is 5.10. The zero-order chi connectivity index (χ0) is 72.3. The van der Waals surface area contributed by atoms with Gasteiger partial charge in [0.2, 0.25) is 0 Å². The zero-order valence-electron chi connectivity index (χ0n) is 60.2. The number of Topliss-reactive ketones (excluding diaryl/α,β-unsaturated/α-hetero) is 1. The van der Waals surface area contributed by atoms with Crippen molar-refractivity contribution in [2.45, 2.75) is 212 Å². The largest absolute Gasteiger partial charge is 0.496 e. The van der Waals surface area contributed by atoms with Crippen molar-refractivity contribution in [1.82, 2.24) is 5.32 Å². The maximum Gasteiger partial charge on any atom is 0.349 e. The van der Waals surface area contributed by atoms with Gasteiger partial charge >= 0.3 is 17.9 Å². The predicted molar refractivity (Wildman–Crippen MR) is 361 cm³/mol. The summed E-state index contributed by atoms with van der Waals surface area (Å²) in [6.45, 7) is 60.4. The average Bonchev–Trinajstić information content (AvgIpc) is 3.48. The Morgan fingerprint density at radius 2 is 0.775 bits per heavy atom. The molecule has 0 aliphatic heterocycles. The van der Waals surface area contributed by atoms with E-state index in [0.29, 0.717) is 41.7 Å². The van der Waals surface area contributed by atoms with Crippen LogP contribution in [-0.2, 0) is 42.9 Å². The lowest BCUT2D eigenvalue weighted by Gasteiger charge is -2.20. The van der Waals surface area contributed by atoms with E-state index in [1.54, 1.807) is 73.0 Å². The first-order valence-corrected chi connectivity index (χ1v) is 29.3. The molecule has 0 amide bonds. The molecule has 0 saturated heterocycles. The molecule has 0 aromatic carbocycles. The van der Waals surface area contributed by atoms with Crippen molar-refractivity contribution in [2.75, 3.05) is 34.0 Å². The third-order valence-electron chi connectivity index (χ3n) is 8.45. The molecule has 0 fully saturated rings. The van der Waals surface area contributed by atoms with Crippen LogP contribution in [0.1, 0.15) is 201 Å². The molecule has 0 aromatic heterocycles. The molecule has 17 nitrogen and oxygen atoms in total. The second-order valence-electron chi connectivity index (χ2n) is 28.6. The van der Waals surface area contributed by atoms with Gasteiger partial charge < -0.3 is 29.0 Å². The quantitative estimate of drug-likeness (QED) is 0.0277. The Kier molecular flexibility index (Phi) is 48.3. The molecular weight excluding hydrogens is 1140 g/mol. The summed E-state index contributed by atoms with van der Waals surface area (Å²) in [5.41, 5.74) is 1.11. The highest BCUT2D eigenvalue weighted by Crippen LogP contribution is 2.24. The van der Waals surface area contributed by atoms with Gasteiger partial charge in [0.15, 0.2) is 5.78 Å². The van der Waals surface area contributed by atoms with E-state index in [2.05, 4.69) is 44.8 Å². The van der Waals surface area contributed by atoms with Gasteiger partial charge in [0.05, 0.1) is 49.2 Å². The Morgan fingerprint density at radius 1 is 0.472 bits per heavy atom. The summed E-state index contributed by atoms with van der Waals surface area (Å²) in [4.78, 5) is 45.3. The van der Waals surface area contributed by atoms with Gasteiger partial charge in [-0.3, -0.25) is 4.79 Å². The van der Waals surface area contributed by atoms with Crippen LogP contribution in [-0.4, -0.2) is 74.4 Å². The van der Waals surface area contributed by atoms with Crippen LogP contribution in [0.4, 0.5) is 0 Å². The van der Waals surface area contributed by atoms with E-state index in [4.69, 9.17) is 72.7 Å². The second-order valence-corrected chi connectivity index (χ2v) is 29.0. The first kappa shape index (κ1) is 94.7. The van der Waals surface area contributed by atoms with Crippen molar-refractivity contribution < 1.29 is 42.9 Å². The SMILES string of the molecule is C/C(C#N)=C\C(C)(C)C.C=C(OC)/C(C#N)=C/C(C)(C)C.CC(=O)/C(C#N)=C/C(C)(C)C.CC(C)(C)/C=C(\C#N)C(=O)OC(C)(C)C.CC(C)OC(=O)/C(C#N)=C/C(C)(C)C.CCOC(=O)/C(C#N)=C/C(C)(C)C.COCCNC(=S)/C(C#N)=C/C(C)(C)C. The minimum Gasteiger partial charge on any atom is -0.496 e. The van der Waals surface area contributed by atoms with Crippen molar-refractivity contribution in [1.29, 1.82) is 36.8 Å². The number of carbonyl (C=O) groups excluding carboxylic acids is 4. The predicted octanol–water partition coefficient (Wildman–Crippen LogP) is 16.6. The Hall–Kier alpha value is -7.92. The Bertz CT molecular complexity index is 2830. The summed E-state index contributed by atoms with van der Waals surface area (Å²) in [6, 6.07) is 13.6. The summed E-state index contributed by atoms with van der Waals surface area (Å²) in [7, 11) is 3.14. The highest BCUT2D eigenvalue weighted by Gasteiger charge is 2.22. The van der Waals surface area contributed by atoms with Crippen LogP contribution in [0.25, 0.3) is 0 Å². The van der Waals surface area contributed by atoms with Crippen molar-refractivity contribution in [3.05, 3.63) is 93.9 Å². The maximum atomic E-state index is 11.6. The molecule has 89 heavy (non-hydrogen) atoms. The lowest BCUT2D eigenvalue weighted by atomic mass is 9.93. The first-order valence-electron chi connectivity index (χ1n) is 28.8. The molecule has 1 N–H and O–H groups in total. The number of ketones is 1. The molecule has 0 saturated carbocycles. The number of rotatable bonds is 12. The van der Waals surface area contributed by atoms with Gasteiger partial charge in [0.25, 0.3) is 0 Å². The lowest BCUT2D eigenvalue weighted by molar-refractivity contribution is -0.149. The molecule has 0 spiro atoms. The maximum absolute atomic E-state index is 11.6. The van der Waals surface area contributed by atoms with Crippen LogP contribution in [0, 0.1) is 117 Å². The van der Waals surface area contributed by atoms with E-state index < -0.39 is 23.5 Å². The first-order chi connectivity index (χ1) is 39.8. The number of nitrogens with one attached hydrogen (secondary N) is 1. The molecule has 0 heterocycles. The highest BCUT2D eigenvalue weighted by molar-refractivity contribution is 7.80. The van der Waals surface area contributed by atoms with Crippen LogP contribution >= 0.6 is 12.2 Å². The minimum atomic E-state index is -0.565. The van der Waals surface area contributed by atoms with Crippen LogP contribution in [0.2, 0.25) is 0 Å². The number of esters is 3. The number of allylic oxidation sites excluding steroid dienone is 10. The summed E-state index contributed by atoms with van der Waals surface area (Å²) in [5, 5.41) is 63.8. The number of nitrogens with zero attached hydrogens (tertiary/aromatic N) is 7. The second kappa shape index (κ2) is 45.4. The lowest BCUT2D eigenvalue weighted by Crippen LogP contribution is -2.27. The third kappa shape index (κ3) is 69.1. The van der Waals surface area contributed by atoms with Gasteiger partial charge in [-0.05, 0) is 93.3 Å². The topological polar surface area (TPSA) is 293 Å². The summed E-state index contributed by atoms with van der Waals surface area (Å²) in [6.07, 6.45) is 12.0. The zero-order valence-corrected chi connectivity index (χ0v) is 61.0. The number of carbonyl (C=O) groups is 4. The molecule has 0 radical (unpaired) electrons. The molecule has 18 heteroatoms. The molecule has 0 aliphatic rings. The standard InChI is InChI=1S/C12H19NO2.C11H18N2OS.C11H17NO2.C10H15NO2.C10H15NO.C9H13NO.C8H13N/c1-11(2,3)7-9(8-13)10(14)15-12(4,5)6;1-11(2,3)7-9(8-12)10(15)13-5-6-14-4;1-8(2)14-10(13)9(7-12)6-11(3,4)5;1-5-13-9(12)8(7-11)6-10(2,3)4;1-8(12-5)9(7-11)6-10(2,3)4;1-7(11)8(6-10)5-9(2,3)4;1-7(6-9)5-8(2,3)4/h7H,1-6H3;7H,5-6H2,1-4H3,(H,13,15);6,8H,1-5H3;6H,5H2,1-4H3;6H,1H2,2-5H3;5H,1-4H3;5H,1-4H3/b2*9-7+;9-6+;8-6+;9-6+;8-5+;7-5+. The smallest absolute Gasteiger partial charge is 0.349 e. The van der Waals surface area contributed by atoms with Gasteiger partial charge in [-0.1, -0.05) is 207 Å². The molecular formula is C71H110N8O9S. The fourth-order valence-electron chi connectivity index (χ4n) is 5.52. The molecule has 0 bridgehead atoms. The number of hydrogen-bond acceptors (Lipinski definition) is 17. The number of nitriles is 7. The van der Waals surface area contributed by atoms with Crippen molar-refractivity contribution in [2.24, 2.45) is 37.9 Å². The Balaban J connectivity index is -0.000000177. The van der Waals surface area contributed by atoms with Crippen LogP contribution < -0.4 is 5.32 Å². The van der Waals surface area contributed by atoms with Gasteiger partial charge in [0, 0.05) is 19.2 Å². The third-order valence-corrected chi connectivity index (χ3v) is 8.82. The summed E-state index contributed by atoms with van der Waals surface area (Å²) < 4.78 is 24.5. The van der Waals surface area contributed by atoms with Gasteiger partial charge in [-0.2, -0.15) is 36.8 Å². The van der Waals surface area contributed by atoms with E-state index in [1.165, 1.54) is 14.0 Å². The van der Waals surface area contributed by atoms with Crippen LogP contribution in [0.15, 0.2) is 93.9 Å². The van der Waals surface area contributed by atoms with Crippen LogP contribution in [0.5, 0.6) is 0 Å². The molecule has 0 aromatic rings. The van der Waals surface area contributed by atoms with E-state index in [-0.39, 0.29) is 72.1 Å². The number of hydrogen-bond donors (Lipinski definition) is 1. The Labute approximate surface area is 544 Å². The van der Waals surface area contributed by atoms with Crippen molar-refractivity contribution in [3.8, 4) is 42.5 Å². The fraction of sp³-hybridized carbons (Fsp3) is 0.606. The molecule has 494 valence electrons. The molecule has 0 aliphatic carbocycles. The monoisotopic (exact) mass is 1250 g/mol. The average molecular weight is 1250 g/mol. The molecule has 0 rings (SSSR count). The van der Waals surface area contributed by atoms with Gasteiger partial charge in [-0.15, -0.1) is 0 Å². The Morgan fingerprint density at radius 3 is 1.01 bits per heavy atom.